The molecule has 4 heteroatoms. The second-order valence-electron chi connectivity index (χ2n) is 5.25. The van der Waals surface area contributed by atoms with Crippen LogP contribution in [0.4, 0.5) is 11.5 Å². The number of hydrogen-bond acceptors (Lipinski definition) is 4. The van der Waals surface area contributed by atoms with Gasteiger partial charge in [0.1, 0.15) is 5.82 Å². The van der Waals surface area contributed by atoms with Crippen LogP contribution in [0.15, 0.2) is 12.1 Å². The third-order valence-corrected chi connectivity index (χ3v) is 3.89. The molecule has 0 unspecified atom stereocenters. The van der Waals surface area contributed by atoms with Crippen molar-refractivity contribution >= 4 is 11.5 Å². The molecule has 0 aromatic carbocycles. The molecule has 0 aliphatic heterocycles. The van der Waals surface area contributed by atoms with Gasteiger partial charge in [-0.1, -0.05) is 25.7 Å². The van der Waals surface area contributed by atoms with Crippen LogP contribution in [-0.4, -0.2) is 24.7 Å². The molecule has 1 saturated carbocycles. The number of ether oxygens (including phenoxy) is 1. The van der Waals surface area contributed by atoms with E-state index in [9.17, 15) is 0 Å². The van der Waals surface area contributed by atoms with Crippen molar-refractivity contribution in [1.82, 2.24) is 4.98 Å². The lowest BCUT2D eigenvalue weighted by Crippen LogP contribution is -2.31. The van der Waals surface area contributed by atoms with Crippen molar-refractivity contribution in [2.24, 2.45) is 0 Å². The molecule has 0 spiro atoms. The van der Waals surface area contributed by atoms with Crippen LogP contribution in [0.3, 0.4) is 0 Å². The minimum absolute atomic E-state index is 0.556. The predicted octanol–water partition coefficient (Wildman–Crippen LogP) is 3.22. The standard InChI is InChI=1S/C15H25N3O/c1-3-19-15-13(16)10-11-14(17-15)18(2)12-8-6-4-5-7-9-12/h10-12H,3-9,16H2,1-2H3. The molecule has 19 heavy (non-hydrogen) atoms. The summed E-state index contributed by atoms with van der Waals surface area (Å²) in [5.74, 6) is 1.52. The molecule has 1 aromatic rings. The molecule has 1 aliphatic rings. The van der Waals surface area contributed by atoms with Gasteiger partial charge in [0.2, 0.25) is 5.88 Å². The summed E-state index contributed by atoms with van der Waals surface area (Å²) < 4.78 is 5.48. The van der Waals surface area contributed by atoms with Crippen molar-refractivity contribution in [3.63, 3.8) is 0 Å². The highest BCUT2D eigenvalue weighted by Crippen LogP contribution is 2.27. The maximum atomic E-state index is 5.87. The van der Waals surface area contributed by atoms with Gasteiger partial charge in [-0.15, -0.1) is 0 Å². The van der Waals surface area contributed by atoms with Crippen LogP contribution in [0.2, 0.25) is 0 Å². The summed E-state index contributed by atoms with van der Waals surface area (Å²) in [5, 5.41) is 0. The highest BCUT2D eigenvalue weighted by Gasteiger charge is 2.19. The second-order valence-corrected chi connectivity index (χ2v) is 5.25. The Bertz CT molecular complexity index is 400. The number of hydrogen-bond donors (Lipinski definition) is 1. The Hall–Kier alpha value is -1.45. The highest BCUT2D eigenvalue weighted by atomic mass is 16.5. The highest BCUT2D eigenvalue weighted by molar-refractivity contribution is 5.54. The molecule has 1 aromatic heterocycles. The Balaban J connectivity index is 2.13. The zero-order valence-electron chi connectivity index (χ0n) is 12.1. The summed E-state index contributed by atoms with van der Waals surface area (Å²) in [4.78, 5) is 6.83. The van der Waals surface area contributed by atoms with E-state index in [1.807, 2.05) is 19.1 Å². The van der Waals surface area contributed by atoms with E-state index in [0.29, 0.717) is 24.2 Å². The van der Waals surface area contributed by atoms with Crippen LogP contribution < -0.4 is 15.4 Å². The number of pyridine rings is 1. The number of anilines is 2. The second kappa shape index (κ2) is 6.64. The van der Waals surface area contributed by atoms with Crippen LogP contribution in [-0.2, 0) is 0 Å². The normalized spacial score (nSPS) is 16.9. The first-order valence-electron chi connectivity index (χ1n) is 7.34. The molecule has 0 bridgehead atoms. The Labute approximate surface area is 116 Å². The number of nitrogens with zero attached hydrogens (tertiary/aromatic N) is 2. The zero-order chi connectivity index (χ0) is 13.7. The van der Waals surface area contributed by atoms with Crippen molar-refractivity contribution in [2.45, 2.75) is 51.5 Å². The summed E-state index contributed by atoms with van der Waals surface area (Å²) in [7, 11) is 2.13. The molecule has 0 saturated heterocycles. The summed E-state index contributed by atoms with van der Waals surface area (Å²) in [6.07, 6.45) is 7.89. The molecule has 4 nitrogen and oxygen atoms in total. The van der Waals surface area contributed by atoms with E-state index in [-0.39, 0.29) is 0 Å². The van der Waals surface area contributed by atoms with E-state index in [4.69, 9.17) is 10.5 Å². The number of nitrogens with two attached hydrogens (primary N) is 1. The first-order chi connectivity index (χ1) is 9.22. The fraction of sp³-hybridized carbons (Fsp3) is 0.667. The predicted molar refractivity (Wildman–Crippen MR) is 79.7 cm³/mol. The average Bonchev–Trinajstić information content (AvgIpc) is 2.69. The molecule has 0 amide bonds. The third-order valence-electron chi connectivity index (χ3n) is 3.89. The van der Waals surface area contributed by atoms with Crippen LogP contribution in [0.1, 0.15) is 45.4 Å². The number of aromatic nitrogens is 1. The van der Waals surface area contributed by atoms with Gasteiger partial charge in [-0.3, -0.25) is 0 Å². The van der Waals surface area contributed by atoms with Crippen molar-refractivity contribution in [2.75, 3.05) is 24.3 Å². The lowest BCUT2D eigenvalue weighted by atomic mass is 10.1. The van der Waals surface area contributed by atoms with Gasteiger partial charge in [0.15, 0.2) is 0 Å². The first-order valence-corrected chi connectivity index (χ1v) is 7.34. The van der Waals surface area contributed by atoms with Gasteiger partial charge in [0.25, 0.3) is 0 Å². The van der Waals surface area contributed by atoms with E-state index in [1.165, 1.54) is 38.5 Å². The van der Waals surface area contributed by atoms with E-state index >= 15 is 0 Å². The maximum Gasteiger partial charge on any atom is 0.239 e. The summed E-state index contributed by atoms with van der Waals surface area (Å²) >= 11 is 0. The molecular weight excluding hydrogens is 238 g/mol. The third kappa shape index (κ3) is 3.52. The number of nitrogen functional groups attached to an aromatic ring is 1. The van der Waals surface area contributed by atoms with Crippen LogP contribution in [0.25, 0.3) is 0 Å². The quantitative estimate of drug-likeness (QED) is 0.847. The van der Waals surface area contributed by atoms with E-state index in [0.717, 1.165) is 5.82 Å². The van der Waals surface area contributed by atoms with Gasteiger partial charge in [-0.2, -0.15) is 4.98 Å². The molecular formula is C15H25N3O. The van der Waals surface area contributed by atoms with Gasteiger partial charge in [0.05, 0.1) is 12.3 Å². The van der Waals surface area contributed by atoms with Gasteiger partial charge in [-0.05, 0) is 31.9 Å². The monoisotopic (exact) mass is 263 g/mol. The van der Waals surface area contributed by atoms with E-state index in [1.54, 1.807) is 0 Å². The Morgan fingerprint density at radius 3 is 2.58 bits per heavy atom. The van der Waals surface area contributed by atoms with E-state index in [2.05, 4.69) is 16.9 Å². The number of rotatable bonds is 4. The maximum absolute atomic E-state index is 5.87. The summed E-state index contributed by atoms with van der Waals surface area (Å²) in [5.41, 5.74) is 6.48. The van der Waals surface area contributed by atoms with Crippen LogP contribution >= 0.6 is 0 Å². The molecule has 1 fully saturated rings. The Kier molecular flexibility index (Phi) is 4.88. The van der Waals surface area contributed by atoms with Crippen LogP contribution in [0, 0.1) is 0 Å². The molecule has 106 valence electrons. The minimum Gasteiger partial charge on any atom is -0.476 e. The fourth-order valence-corrected chi connectivity index (χ4v) is 2.72. The summed E-state index contributed by atoms with van der Waals surface area (Å²) in [6.45, 7) is 2.54. The van der Waals surface area contributed by atoms with Gasteiger partial charge < -0.3 is 15.4 Å². The Morgan fingerprint density at radius 1 is 1.26 bits per heavy atom. The fourth-order valence-electron chi connectivity index (χ4n) is 2.72. The Morgan fingerprint density at radius 2 is 1.95 bits per heavy atom. The van der Waals surface area contributed by atoms with E-state index < -0.39 is 0 Å². The van der Waals surface area contributed by atoms with Crippen molar-refractivity contribution in [3.05, 3.63) is 12.1 Å². The molecule has 2 rings (SSSR count). The van der Waals surface area contributed by atoms with Gasteiger partial charge in [0, 0.05) is 13.1 Å². The lowest BCUT2D eigenvalue weighted by molar-refractivity contribution is 0.328. The molecule has 0 radical (unpaired) electrons. The van der Waals surface area contributed by atoms with Crippen molar-refractivity contribution in [1.29, 1.82) is 0 Å². The molecule has 2 N–H and O–H groups in total. The minimum atomic E-state index is 0.556. The van der Waals surface area contributed by atoms with Crippen LogP contribution in [0.5, 0.6) is 5.88 Å². The smallest absolute Gasteiger partial charge is 0.239 e. The molecule has 0 atom stereocenters. The van der Waals surface area contributed by atoms with Gasteiger partial charge in [-0.25, -0.2) is 0 Å². The SMILES string of the molecule is CCOc1nc(N(C)C2CCCCCC2)ccc1N. The molecule has 1 aliphatic carbocycles. The average molecular weight is 263 g/mol. The summed E-state index contributed by atoms with van der Waals surface area (Å²) in [6, 6.07) is 4.47. The topological polar surface area (TPSA) is 51.4 Å². The lowest BCUT2D eigenvalue weighted by Gasteiger charge is -2.28. The van der Waals surface area contributed by atoms with Crippen molar-refractivity contribution in [3.8, 4) is 5.88 Å². The molecule has 1 heterocycles. The van der Waals surface area contributed by atoms with Gasteiger partial charge >= 0.3 is 0 Å². The van der Waals surface area contributed by atoms with Crippen molar-refractivity contribution < 1.29 is 4.74 Å². The first kappa shape index (κ1) is 14.0. The largest absolute Gasteiger partial charge is 0.476 e. The zero-order valence-corrected chi connectivity index (χ0v) is 12.1.